The Morgan fingerprint density at radius 3 is 1.83 bits per heavy atom. The van der Waals surface area contributed by atoms with Crippen molar-refractivity contribution in [3.63, 3.8) is 0 Å². The summed E-state index contributed by atoms with van der Waals surface area (Å²) in [6, 6.07) is 0. The van der Waals surface area contributed by atoms with Crippen molar-refractivity contribution in [1.82, 2.24) is 0 Å². The molecule has 0 saturated heterocycles. The lowest BCUT2D eigenvalue weighted by Gasteiger charge is -2.48. The average molecular weight is 169 g/mol. The second kappa shape index (κ2) is 2.64. The Kier molecular flexibility index (Phi) is 2.06. The third kappa shape index (κ3) is 1.40. The lowest BCUT2D eigenvalue weighted by molar-refractivity contribution is 0.0963. The zero-order valence-electron chi connectivity index (χ0n) is 8.22. The van der Waals surface area contributed by atoms with Crippen molar-refractivity contribution >= 4 is 5.96 Å². The van der Waals surface area contributed by atoms with Crippen molar-refractivity contribution in [2.45, 2.75) is 45.6 Å². The maximum absolute atomic E-state index is 5.41. The summed E-state index contributed by atoms with van der Waals surface area (Å²) in [6.45, 7) is 6.58. The van der Waals surface area contributed by atoms with Gasteiger partial charge in [0.25, 0.3) is 0 Å². The van der Waals surface area contributed by atoms with Crippen LogP contribution in [-0.4, -0.2) is 11.5 Å². The van der Waals surface area contributed by atoms with Crippen molar-refractivity contribution in [2.75, 3.05) is 0 Å². The standard InChI is InChI=1S/C9H19N3/c1-8(2,3)9(5-4-6-9)12-7(10)11/h4-6H2,1-3H3,(H4,10,11,12). The molecule has 1 saturated carbocycles. The van der Waals surface area contributed by atoms with Crippen LogP contribution in [0, 0.1) is 5.41 Å². The van der Waals surface area contributed by atoms with Crippen LogP contribution in [0.2, 0.25) is 0 Å². The number of nitrogens with two attached hydrogens (primary N) is 2. The zero-order valence-corrected chi connectivity index (χ0v) is 8.22. The Labute approximate surface area is 74.2 Å². The van der Waals surface area contributed by atoms with E-state index in [9.17, 15) is 0 Å². The topological polar surface area (TPSA) is 64.4 Å². The van der Waals surface area contributed by atoms with E-state index < -0.39 is 0 Å². The van der Waals surface area contributed by atoms with Crippen molar-refractivity contribution in [1.29, 1.82) is 0 Å². The molecule has 1 aliphatic carbocycles. The van der Waals surface area contributed by atoms with Crippen molar-refractivity contribution in [3.8, 4) is 0 Å². The summed E-state index contributed by atoms with van der Waals surface area (Å²) in [5, 5.41) is 0. The third-order valence-corrected chi connectivity index (χ3v) is 2.92. The van der Waals surface area contributed by atoms with Crippen LogP contribution in [0.15, 0.2) is 4.99 Å². The number of hydrogen-bond donors (Lipinski definition) is 2. The molecule has 4 N–H and O–H groups in total. The molecule has 1 fully saturated rings. The largest absolute Gasteiger partial charge is 0.370 e. The first-order valence-electron chi connectivity index (χ1n) is 4.48. The molecule has 1 rings (SSSR count). The maximum Gasteiger partial charge on any atom is 0.186 e. The molecule has 0 aliphatic heterocycles. The highest BCUT2D eigenvalue weighted by Crippen LogP contribution is 2.48. The van der Waals surface area contributed by atoms with Gasteiger partial charge in [-0.3, -0.25) is 0 Å². The van der Waals surface area contributed by atoms with Crippen LogP contribution in [0.4, 0.5) is 0 Å². The monoisotopic (exact) mass is 169 g/mol. The van der Waals surface area contributed by atoms with E-state index in [0.29, 0.717) is 0 Å². The van der Waals surface area contributed by atoms with Crippen molar-refractivity contribution in [2.24, 2.45) is 21.9 Å². The van der Waals surface area contributed by atoms with Gasteiger partial charge in [-0.05, 0) is 24.7 Å². The smallest absolute Gasteiger partial charge is 0.186 e. The van der Waals surface area contributed by atoms with Gasteiger partial charge in [-0.2, -0.15) is 0 Å². The molecule has 70 valence electrons. The van der Waals surface area contributed by atoms with E-state index in [2.05, 4.69) is 25.8 Å². The van der Waals surface area contributed by atoms with Crippen molar-refractivity contribution < 1.29 is 0 Å². The number of nitrogens with zero attached hydrogens (tertiary/aromatic N) is 1. The summed E-state index contributed by atoms with van der Waals surface area (Å²) in [4.78, 5) is 4.36. The van der Waals surface area contributed by atoms with Gasteiger partial charge in [0, 0.05) is 0 Å². The molecule has 1 aliphatic rings. The van der Waals surface area contributed by atoms with Gasteiger partial charge < -0.3 is 11.5 Å². The highest BCUT2D eigenvalue weighted by Gasteiger charge is 2.46. The summed E-state index contributed by atoms with van der Waals surface area (Å²) in [5.74, 6) is 0.227. The van der Waals surface area contributed by atoms with Crippen LogP contribution in [0.5, 0.6) is 0 Å². The van der Waals surface area contributed by atoms with Gasteiger partial charge in [0.05, 0.1) is 5.54 Å². The van der Waals surface area contributed by atoms with E-state index in [1.165, 1.54) is 6.42 Å². The van der Waals surface area contributed by atoms with Crippen LogP contribution in [0.3, 0.4) is 0 Å². The van der Waals surface area contributed by atoms with Gasteiger partial charge in [-0.1, -0.05) is 20.8 Å². The highest BCUT2D eigenvalue weighted by atomic mass is 15.1. The van der Waals surface area contributed by atoms with Gasteiger partial charge in [-0.15, -0.1) is 0 Å². The first kappa shape index (κ1) is 9.36. The van der Waals surface area contributed by atoms with E-state index in [0.717, 1.165) is 12.8 Å². The Morgan fingerprint density at radius 2 is 1.75 bits per heavy atom. The summed E-state index contributed by atoms with van der Waals surface area (Å²) in [7, 11) is 0. The SMILES string of the molecule is CC(C)(C)C1(N=C(N)N)CCC1. The molecular weight excluding hydrogens is 150 g/mol. The first-order chi connectivity index (χ1) is 5.37. The molecule has 3 heteroatoms. The van der Waals surface area contributed by atoms with Crippen LogP contribution in [0.25, 0.3) is 0 Å². The lowest BCUT2D eigenvalue weighted by Crippen LogP contribution is -2.49. The molecular formula is C9H19N3. The predicted octanol–water partition coefficient (Wildman–Crippen LogP) is 1.23. The molecule has 0 spiro atoms. The summed E-state index contributed by atoms with van der Waals surface area (Å²) < 4.78 is 0. The van der Waals surface area contributed by atoms with E-state index in [4.69, 9.17) is 11.5 Å². The fourth-order valence-electron chi connectivity index (χ4n) is 1.79. The molecule has 0 heterocycles. The van der Waals surface area contributed by atoms with Crippen LogP contribution in [-0.2, 0) is 0 Å². The molecule has 0 bridgehead atoms. The molecule has 0 amide bonds. The predicted molar refractivity (Wildman–Crippen MR) is 51.8 cm³/mol. The van der Waals surface area contributed by atoms with Crippen LogP contribution < -0.4 is 11.5 Å². The highest BCUT2D eigenvalue weighted by molar-refractivity contribution is 5.76. The third-order valence-electron chi connectivity index (χ3n) is 2.92. The Balaban J connectivity index is 2.84. The van der Waals surface area contributed by atoms with E-state index in [1.54, 1.807) is 0 Å². The zero-order chi connectivity index (χ0) is 9.41. The fourth-order valence-corrected chi connectivity index (χ4v) is 1.79. The second-order valence-electron chi connectivity index (χ2n) is 4.67. The van der Waals surface area contributed by atoms with E-state index in [-0.39, 0.29) is 16.9 Å². The second-order valence-corrected chi connectivity index (χ2v) is 4.67. The van der Waals surface area contributed by atoms with Gasteiger partial charge in [0.2, 0.25) is 0 Å². The molecule has 0 unspecified atom stereocenters. The average Bonchev–Trinajstić information content (AvgIpc) is 1.74. The minimum Gasteiger partial charge on any atom is -0.370 e. The van der Waals surface area contributed by atoms with Crippen molar-refractivity contribution in [3.05, 3.63) is 0 Å². The Bertz CT molecular complexity index is 192. The van der Waals surface area contributed by atoms with E-state index >= 15 is 0 Å². The quantitative estimate of drug-likeness (QED) is 0.458. The molecule has 0 radical (unpaired) electrons. The van der Waals surface area contributed by atoms with Gasteiger partial charge in [-0.25, -0.2) is 4.99 Å². The Hall–Kier alpha value is -0.730. The minimum atomic E-state index is 0.0197. The molecule has 12 heavy (non-hydrogen) atoms. The number of aliphatic imine (C=N–C) groups is 1. The number of guanidine groups is 1. The molecule has 0 aromatic heterocycles. The number of hydrogen-bond acceptors (Lipinski definition) is 1. The lowest BCUT2D eigenvalue weighted by atomic mass is 9.62. The molecule has 0 aromatic rings. The normalized spacial score (nSPS) is 21.2. The van der Waals surface area contributed by atoms with Gasteiger partial charge >= 0.3 is 0 Å². The van der Waals surface area contributed by atoms with Crippen LogP contribution in [0.1, 0.15) is 40.0 Å². The minimum absolute atomic E-state index is 0.0197. The summed E-state index contributed by atoms with van der Waals surface area (Å²) in [6.07, 6.45) is 3.48. The van der Waals surface area contributed by atoms with Crippen LogP contribution >= 0.6 is 0 Å². The van der Waals surface area contributed by atoms with Gasteiger partial charge in [0.1, 0.15) is 0 Å². The molecule has 0 aromatic carbocycles. The maximum atomic E-state index is 5.41. The Morgan fingerprint density at radius 1 is 1.25 bits per heavy atom. The summed E-state index contributed by atoms with van der Waals surface area (Å²) >= 11 is 0. The molecule has 0 atom stereocenters. The summed E-state index contributed by atoms with van der Waals surface area (Å²) in [5.41, 5.74) is 11.0. The van der Waals surface area contributed by atoms with Gasteiger partial charge in [0.15, 0.2) is 5.96 Å². The fraction of sp³-hybridized carbons (Fsp3) is 0.889. The molecule has 3 nitrogen and oxygen atoms in total. The number of rotatable bonds is 1. The first-order valence-corrected chi connectivity index (χ1v) is 4.48. The van der Waals surface area contributed by atoms with E-state index in [1.807, 2.05) is 0 Å².